The molecule has 3 nitrogen and oxygen atoms in total. The third-order valence-electron chi connectivity index (χ3n) is 3.91. The van der Waals surface area contributed by atoms with E-state index < -0.39 is 5.97 Å². The SMILES string of the molecule is O=C(O)CC1CSCCN1CC1Cc2ccccc2S1. The van der Waals surface area contributed by atoms with Crippen LogP contribution in [0, 0.1) is 0 Å². The number of aliphatic carboxylic acids is 1. The number of carboxylic acid groups (broad SMARTS) is 1. The van der Waals surface area contributed by atoms with Gasteiger partial charge in [0.15, 0.2) is 0 Å². The largest absolute Gasteiger partial charge is 0.481 e. The van der Waals surface area contributed by atoms with E-state index in [1.807, 2.05) is 23.5 Å². The van der Waals surface area contributed by atoms with Crippen molar-refractivity contribution in [2.45, 2.75) is 29.0 Å². The minimum atomic E-state index is -0.676. The van der Waals surface area contributed by atoms with Crippen LogP contribution in [0.4, 0.5) is 0 Å². The molecule has 0 aliphatic carbocycles. The van der Waals surface area contributed by atoms with Gasteiger partial charge in [-0.15, -0.1) is 11.8 Å². The zero-order chi connectivity index (χ0) is 13.9. The van der Waals surface area contributed by atoms with Crippen molar-refractivity contribution in [2.75, 3.05) is 24.6 Å². The molecule has 2 aliphatic heterocycles. The van der Waals surface area contributed by atoms with Crippen LogP contribution in [0.3, 0.4) is 0 Å². The van der Waals surface area contributed by atoms with Gasteiger partial charge in [-0.1, -0.05) is 18.2 Å². The highest BCUT2D eigenvalue weighted by atomic mass is 32.2. The second-order valence-electron chi connectivity index (χ2n) is 5.37. The highest BCUT2D eigenvalue weighted by Gasteiger charge is 2.30. The quantitative estimate of drug-likeness (QED) is 0.926. The van der Waals surface area contributed by atoms with Crippen LogP contribution in [0.1, 0.15) is 12.0 Å². The molecule has 2 aliphatic rings. The number of fused-ring (bicyclic) bond motifs is 1. The van der Waals surface area contributed by atoms with Gasteiger partial charge in [-0.05, 0) is 18.1 Å². The Bertz CT molecular complexity index is 470. The first-order valence-electron chi connectivity index (χ1n) is 7.00. The second-order valence-corrected chi connectivity index (χ2v) is 7.87. The van der Waals surface area contributed by atoms with Gasteiger partial charge in [-0.3, -0.25) is 9.69 Å². The number of thioether (sulfide) groups is 2. The maximum atomic E-state index is 11.0. The Labute approximate surface area is 128 Å². The zero-order valence-electron chi connectivity index (χ0n) is 11.3. The highest BCUT2D eigenvalue weighted by molar-refractivity contribution is 8.00. The van der Waals surface area contributed by atoms with Crippen molar-refractivity contribution in [3.63, 3.8) is 0 Å². The lowest BCUT2D eigenvalue weighted by atomic mass is 10.1. The molecule has 1 aromatic carbocycles. The fourth-order valence-electron chi connectivity index (χ4n) is 2.94. The van der Waals surface area contributed by atoms with E-state index in [1.54, 1.807) is 0 Å². The van der Waals surface area contributed by atoms with Gasteiger partial charge in [0.25, 0.3) is 0 Å². The summed E-state index contributed by atoms with van der Waals surface area (Å²) in [7, 11) is 0. The average molecular weight is 309 g/mol. The number of hydrogen-bond acceptors (Lipinski definition) is 4. The molecule has 1 fully saturated rings. The lowest BCUT2D eigenvalue weighted by Gasteiger charge is -2.36. The van der Waals surface area contributed by atoms with Gasteiger partial charge in [0.1, 0.15) is 0 Å². The third kappa shape index (κ3) is 3.32. The first kappa shape index (κ1) is 14.3. The van der Waals surface area contributed by atoms with Crippen LogP contribution in [0.25, 0.3) is 0 Å². The van der Waals surface area contributed by atoms with Crippen LogP contribution < -0.4 is 0 Å². The highest BCUT2D eigenvalue weighted by Crippen LogP contribution is 2.37. The van der Waals surface area contributed by atoms with E-state index in [-0.39, 0.29) is 12.5 Å². The summed E-state index contributed by atoms with van der Waals surface area (Å²) >= 11 is 3.84. The van der Waals surface area contributed by atoms with Crippen molar-refractivity contribution in [3.8, 4) is 0 Å². The maximum Gasteiger partial charge on any atom is 0.304 e. The number of carboxylic acids is 1. The van der Waals surface area contributed by atoms with Crippen molar-refractivity contribution in [1.82, 2.24) is 4.90 Å². The Balaban J connectivity index is 1.61. The fourth-order valence-corrected chi connectivity index (χ4v) is 5.42. The first-order chi connectivity index (χ1) is 9.72. The van der Waals surface area contributed by atoms with Crippen molar-refractivity contribution in [3.05, 3.63) is 29.8 Å². The average Bonchev–Trinajstić information content (AvgIpc) is 2.82. The Morgan fingerprint density at radius 1 is 1.40 bits per heavy atom. The molecule has 108 valence electrons. The molecule has 20 heavy (non-hydrogen) atoms. The molecular formula is C15H19NO2S2. The van der Waals surface area contributed by atoms with Crippen molar-refractivity contribution < 1.29 is 9.90 Å². The fraction of sp³-hybridized carbons (Fsp3) is 0.533. The number of rotatable bonds is 4. The Morgan fingerprint density at radius 3 is 3.05 bits per heavy atom. The van der Waals surface area contributed by atoms with Gasteiger partial charge in [0.2, 0.25) is 0 Å². The summed E-state index contributed by atoms with van der Waals surface area (Å²) in [5.41, 5.74) is 1.45. The Hall–Kier alpha value is -0.650. The van der Waals surface area contributed by atoms with Crippen molar-refractivity contribution in [2.24, 2.45) is 0 Å². The lowest BCUT2D eigenvalue weighted by Crippen LogP contribution is -2.46. The number of nitrogens with zero attached hydrogens (tertiary/aromatic N) is 1. The number of carbonyl (C=O) groups is 1. The molecule has 3 rings (SSSR count). The van der Waals surface area contributed by atoms with Crippen molar-refractivity contribution >= 4 is 29.5 Å². The van der Waals surface area contributed by atoms with Gasteiger partial charge < -0.3 is 5.11 Å². The van der Waals surface area contributed by atoms with Crippen LogP contribution in [0.2, 0.25) is 0 Å². The molecule has 0 bridgehead atoms. The van der Waals surface area contributed by atoms with E-state index in [2.05, 4.69) is 29.2 Å². The molecule has 0 aromatic heterocycles. The number of benzene rings is 1. The van der Waals surface area contributed by atoms with E-state index in [0.29, 0.717) is 5.25 Å². The summed E-state index contributed by atoms with van der Waals surface area (Å²) in [6.45, 7) is 2.04. The van der Waals surface area contributed by atoms with Gasteiger partial charge in [-0.25, -0.2) is 0 Å². The Morgan fingerprint density at radius 2 is 2.25 bits per heavy atom. The minimum Gasteiger partial charge on any atom is -0.481 e. The van der Waals surface area contributed by atoms with Gasteiger partial charge in [0, 0.05) is 40.8 Å². The summed E-state index contributed by atoms with van der Waals surface area (Å²) in [5.74, 6) is 1.40. The van der Waals surface area contributed by atoms with Gasteiger partial charge in [-0.2, -0.15) is 11.8 Å². The van der Waals surface area contributed by atoms with Crippen LogP contribution in [0.5, 0.6) is 0 Å². The van der Waals surface area contributed by atoms with Crippen LogP contribution in [-0.2, 0) is 11.2 Å². The van der Waals surface area contributed by atoms with E-state index in [9.17, 15) is 4.79 Å². The van der Waals surface area contributed by atoms with E-state index in [4.69, 9.17) is 5.11 Å². The maximum absolute atomic E-state index is 11.0. The zero-order valence-corrected chi connectivity index (χ0v) is 13.0. The van der Waals surface area contributed by atoms with Crippen molar-refractivity contribution in [1.29, 1.82) is 0 Å². The van der Waals surface area contributed by atoms with E-state index in [0.717, 1.165) is 31.0 Å². The van der Waals surface area contributed by atoms with E-state index in [1.165, 1.54) is 10.5 Å². The van der Waals surface area contributed by atoms with Crippen LogP contribution in [-0.4, -0.2) is 51.9 Å². The molecular weight excluding hydrogens is 290 g/mol. The van der Waals surface area contributed by atoms with Gasteiger partial charge in [0.05, 0.1) is 6.42 Å². The summed E-state index contributed by atoms with van der Waals surface area (Å²) < 4.78 is 0. The second kappa shape index (κ2) is 6.41. The molecule has 0 saturated carbocycles. The molecule has 2 heterocycles. The van der Waals surface area contributed by atoms with Crippen LogP contribution >= 0.6 is 23.5 Å². The molecule has 1 aromatic rings. The predicted molar refractivity (Wildman–Crippen MR) is 84.7 cm³/mol. The minimum absolute atomic E-state index is 0.204. The Kier molecular flexibility index (Phi) is 4.58. The first-order valence-corrected chi connectivity index (χ1v) is 9.04. The topological polar surface area (TPSA) is 40.5 Å². The predicted octanol–water partition coefficient (Wildman–Crippen LogP) is 2.60. The molecule has 5 heteroatoms. The summed E-state index contributed by atoms with van der Waals surface area (Å²) in [6, 6.07) is 8.81. The smallest absolute Gasteiger partial charge is 0.304 e. The molecule has 0 amide bonds. The summed E-state index contributed by atoms with van der Waals surface area (Å²) in [4.78, 5) is 14.8. The van der Waals surface area contributed by atoms with Gasteiger partial charge >= 0.3 is 5.97 Å². The normalized spacial score (nSPS) is 26.4. The van der Waals surface area contributed by atoms with E-state index >= 15 is 0 Å². The molecule has 0 radical (unpaired) electrons. The van der Waals surface area contributed by atoms with Crippen LogP contribution in [0.15, 0.2) is 29.2 Å². The standard InChI is InChI=1S/C15H19NO2S2/c17-15(18)8-12-10-19-6-5-16(12)9-13-7-11-3-1-2-4-14(11)20-13/h1-4,12-13H,5-10H2,(H,17,18). The molecule has 2 unspecified atom stereocenters. The number of hydrogen-bond donors (Lipinski definition) is 1. The molecule has 1 saturated heterocycles. The molecule has 0 spiro atoms. The lowest BCUT2D eigenvalue weighted by molar-refractivity contribution is -0.138. The third-order valence-corrected chi connectivity index (χ3v) is 6.30. The summed E-state index contributed by atoms with van der Waals surface area (Å²) in [6.07, 6.45) is 1.39. The summed E-state index contributed by atoms with van der Waals surface area (Å²) in [5, 5.41) is 9.62. The molecule has 1 N–H and O–H groups in total. The molecule has 2 atom stereocenters. The monoisotopic (exact) mass is 309 g/mol.